The van der Waals surface area contributed by atoms with Crippen LogP contribution in [-0.4, -0.2) is 37.8 Å². The molecule has 0 unspecified atom stereocenters. The van der Waals surface area contributed by atoms with Crippen LogP contribution in [0.15, 0.2) is 23.1 Å². The van der Waals surface area contributed by atoms with Crippen molar-refractivity contribution < 1.29 is 13.3 Å². The minimum atomic E-state index is -3.80. The molecule has 2 rings (SSSR count). The molecule has 1 fully saturated rings. The Bertz CT molecular complexity index is 594. The van der Waals surface area contributed by atoms with E-state index in [4.69, 9.17) is 0 Å². The number of rotatable bonds is 4. The zero-order valence-corrected chi connectivity index (χ0v) is 11.3. The van der Waals surface area contributed by atoms with Gasteiger partial charge in [0.25, 0.3) is 5.69 Å². The van der Waals surface area contributed by atoms with E-state index in [0.717, 1.165) is 12.8 Å². The molecule has 7 nitrogen and oxygen atoms in total. The molecule has 1 aliphatic rings. The summed E-state index contributed by atoms with van der Waals surface area (Å²) in [5.41, 5.74) is 0.147. The van der Waals surface area contributed by atoms with E-state index in [-0.39, 0.29) is 10.6 Å². The maximum Gasteiger partial charge on any atom is 0.289 e. The molecular formula is C11H15N3O4S. The number of nitrogens with zero attached hydrogens (tertiary/aromatic N) is 2. The quantitative estimate of drug-likeness (QED) is 0.667. The highest BCUT2D eigenvalue weighted by Gasteiger charge is 2.33. The zero-order chi connectivity index (χ0) is 14.0. The SMILES string of the molecule is CNc1ccc([N+](=O)[O-])c(S(=O)(=O)N2CCCC2)c1. The second kappa shape index (κ2) is 5.14. The van der Waals surface area contributed by atoms with E-state index < -0.39 is 14.9 Å². The molecule has 8 heteroatoms. The van der Waals surface area contributed by atoms with E-state index in [1.165, 1.54) is 22.5 Å². The van der Waals surface area contributed by atoms with E-state index in [1.807, 2.05) is 0 Å². The molecule has 1 saturated heterocycles. The van der Waals surface area contributed by atoms with Crippen molar-refractivity contribution in [3.05, 3.63) is 28.3 Å². The number of nitro benzene ring substituents is 1. The van der Waals surface area contributed by atoms with Crippen LogP contribution in [0.4, 0.5) is 11.4 Å². The Labute approximate surface area is 111 Å². The van der Waals surface area contributed by atoms with Gasteiger partial charge in [0, 0.05) is 31.9 Å². The highest BCUT2D eigenvalue weighted by Crippen LogP contribution is 2.30. The van der Waals surface area contributed by atoms with Crippen LogP contribution in [0.1, 0.15) is 12.8 Å². The second-order valence-electron chi connectivity index (χ2n) is 4.30. The Kier molecular flexibility index (Phi) is 3.72. The molecular weight excluding hydrogens is 270 g/mol. The zero-order valence-electron chi connectivity index (χ0n) is 10.5. The van der Waals surface area contributed by atoms with E-state index in [1.54, 1.807) is 7.05 Å². The Morgan fingerprint density at radius 1 is 1.32 bits per heavy atom. The number of hydrogen-bond acceptors (Lipinski definition) is 5. The molecule has 0 atom stereocenters. The van der Waals surface area contributed by atoms with Crippen molar-refractivity contribution in [3.8, 4) is 0 Å². The Balaban J connectivity index is 2.55. The van der Waals surface area contributed by atoms with Crippen LogP contribution in [0.5, 0.6) is 0 Å². The largest absolute Gasteiger partial charge is 0.388 e. The summed E-state index contributed by atoms with van der Waals surface area (Å²) < 4.78 is 26.1. The van der Waals surface area contributed by atoms with Gasteiger partial charge >= 0.3 is 0 Å². The molecule has 1 N–H and O–H groups in total. The van der Waals surface area contributed by atoms with Gasteiger partial charge in [0.1, 0.15) is 0 Å². The minimum absolute atomic E-state index is 0.244. The third-order valence-electron chi connectivity index (χ3n) is 3.13. The van der Waals surface area contributed by atoms with Gasteiger partial charge in [-0.05, 0) is 25.0 Å². The summed E-state index contributed by atoms with van der Waals surface area (Å²) >= 11 is 0. The first-order valence-electron chi connectivity index (χ1n) is 5.93. The van der Waals surface area contributed by atoms with Gasteiger partial charge in [0.15, 0.2) is 4.90 Å². The van der Waals surface area contributed by atoms with E-state index in [0.29, 0.717) is 18.8 Å². The first kappa shape index (κ1) is 13.8. The Morgan fingerprint density at radius 2 is 1.95 bits per heavy atom. The summed E-state index contributed by atoms with van der Waals surface area (Å²) in [4.78, 5) is 10.1. The van der Waals surface area contributed by atoms with Gasteiger partial charge in [-0.15, -0.1) is 0 Å². The van der Waals surface area contributed by atoms with Crippen molar-refractivity contribution in [2.75, 3.05) is 25.5 Å². The standard InChI is InChI=1S/C11H15N3O4S/c1-12-9-4-5-10(14(15)16)11(8-9)19(17,18)13-6-2-3-7-13/h4-5,8,12H,2-3,6-7H2,1H3. The molecule has 1 heterocycles. The topological polar surface area (TPSA) is 92.5 Å². The molecule has 0 saturated carbocycles. The summed E-state index contributed by atoms with van der Waals surface area (Å²) in [6.45, 7) is 0.840. The number of benzene rings is 1. The number of nitro groups is 1. The number of nitrogens with one attached hydrogen (secondary N) is 1. The lowest BCUT2D eigenvalue weighted by Crippen LogP contribution is -2.28. The average molecular weight is 285 g/mol. The maximum absolute atomic E-state index is 12.4. The van der Waals surface area contributed by atoms with Crippen molar-refractivity contribution in [2.24, 2.45) is 0 Å². The minimum Gasteiger partial charge on any atom is -0.388 e. The van der Waals surface area contributed by atoms with Crippen LogP contribution in [0.2, 0.25) is 0 Å². The van der Waals surface area contributed by atoms with Crippen LogP contribution in [0, 0.1) is 10.1 Å². The van der Waals surface area contributed by atoms with Crippen LogP contribution >= 0.6 is 0 Å². The molecule has 0 amide bonds. The summed E-state index contributed by atoms with van der Waals surface area (Å²) in [7, 11) is -2.16. The lowest BCUT2D eigenvalue weighted by Gasteiger charge is -2.16. The highest BCUT2D eigenvalue weighted by molar-refractivity contribution is 7.89. The third-order valence-corrected chi connectivity index (χ3v) is 5.06. The van der Waals surface area contributed by atoms with E-state index >= 15 is 0 Å². The molecule has 0 aliphatic carbocycles. The number of hydrogen-bond donors (Lipinski definition) is 1. The lowest BCUT2D eigenvalue weighted by molar-refractivity contribution is -0.387. The van der Waals surface area contributed by atoms with Crippen molar-refractivity contribution in [3.63, 3.8) is 0 Å². The lowest BCUT2D eigenvalue weighted by atomic mass is 10.3. The summed E-state index contributed by atoms with van der Waals surface area (Å²) in [5.74, 6) is 0. The van der Waals surface area contributed by atoms with Gasteiger partial charge in [0.2, 0.25) is 10.0 Å². The summed E-state index contributed by atoms with van der Waals surface area (Å²) in [6.07, 6.45) is 1.58. The van der Waals surface area contributed by atoms with Gasteiger partial charge in [-0.2, -0.15) is 4.31 Å². The van der Waals surface area contributed by atoms with Gasteiger partial charge in [-0.1, -0.05) is 0 Å². The van der Waals surface area contributed by atoms with Crippen LogP contribution in [-0.2, 0) is 10.0 Å². The Morgan fingerprint density at radius 3 is 2.47 bits per heavy atom. The van der Waals surface area contributed by atoms with Gasteiger partial charge in [0.05, 0.1) is 4.92 Å². The molecule has 104 valence electrons. The number of sulfonamides is 1. The van der Waals surface area contributed by atoms with Gasteiger partial charge < -0.3 is 5.32 Å². The van der Waals surface area contributed by atoms with Crippen molar-refractivity contribution in [2.45, 2.75) is 17.7 Å². The molecule has 0 spiro atoms. The molecule has 0 bridgehead atoms. The highest BCUT2D eigenvalue weighted by atomic mass is 32.2. The Hall–Kier alpha value is -1.67. The fraction of sp³-hybridized carbons (Fsp3) is 0.455. The second-order valence-corrected chi connectivity index (χ2v) is 6.21. The van der Waals surface area contributed by atoms with Crippen molar-refractivity contribution in [1.29, 1.82) is 0 Å². The predicted molar refractivity (Wildman–Crippen MR) is 70.6 cm³/mol. The average Bonchev–Trinajstić information content (AvgIpc) is 2.92. The monoisotopic (exact) mass is 285 g/mol. The van der Waals surface area contributed by atoms with E-state index in [2.05, 4.69) is 5.32 Å². The fourth-order valence-corrected chi connectivity index (χ4v) is 3.79. The summed E-state index contributed by atoms with van der Waals surface area (Å²) in [5, 5.41) is 13.8. The van der Waals surface area contributed by atoms with Crippen LogP contribution < -0.4 is 5.32 Å². The number of anilines is 1. The first-order chi connectivity index (χ1) is 8.96. The molecule has 0 aromatic heterocycles. The molecule has 19 heavy (non-hydrogen) atoms. The third kappa shape index (κ3) is 2.54. The first-order valence-corrected chi connectivity index (χ1v) is 7.37. The van der Waals surface area contributed by atoms with E-state index in [9.17, 15) is 18.5 Å². The van der Waals surface area contributed by atoms with Crippen molar-refractivity contribution >= 4 is 21.4 Å². The fourth-order valence-electron chi connectivity index (χ4n) is 2.09. The smallest absolute Gasteiger partial charge is 0.289 e. The maximum atomic E-state index is 12.4. The van der Waals surface area contributed by atoms with Crippen LogP contribution in [0.3, 0.4) is 0 Å². The van der Waals surface area contributed by atoms with Gasteiger partial charge in [-0.25, -0.2) is 8.42 Å². The molecule has 0 radical (unpaired) electrons. The molecule has 1 aromatic rings. The normalized spacial score (nSPS) is 16.5. The predicted octanol–water partition coefficient (Wildman–Crippen LogP) is 1.42. The summed E-state index contributed by atoms with van der Waals surface area (Å²) in [6, 6.07) is 4.02. The molecule has 1 aliphatic heterocycles. The van der Waals surface area contributed by atoms with Crippen LogP contribution in [0.25, 0.3) is 0 Å². The van der Waals surface area contributed by atoms with Crippen molar-refractivity contribution in [1.82, 2.24) is 4.31 Å². The molecule has 1 aromatic carbocycles. The van der Waals surface area contributed by atoms with Gasteiger partial charge in [-0.3, -0.25) is 10.1 Å².